The summed E-state index contributed by atoms with van der Waals surface area (Å²) < 4.78 is 15.6. The molecule has 2 aliphatic rings. The highest BCUT2D eigenvalue weighted by atomic mass is 19.1. The summed E-state index contributed by atoms with van der Waals surface area (Å²) >= 11 is 0. The molecule has 1 atom stereocenters. The summed E-state index contributed by atoms with van der Waals surface area (Å²) in [6, 6.07) is 6.08. The van der Waals surface area contributed by atoms with E-state index in [1.54, 1.807) is 29.0 Å². The van der Waals surface area contributed by atoms with Gasteiger partial charge in [-0.1, -0.05) is 36.4 Å². The van der Waals surface area contributed by atoms with Crippen LogP contribution in [0.2, 0.25) is 0 Å². The van der Waals surface area contributed by atoms with Crippen molar-refractivity contribution < 1.29 is 9.50 Å². The van der Waals surface area contributed by atoms with Crippen LogP contribution < -0.4 is 0 Å². The summed E-state index contributed by atoms with van der Waals surface area (Å²) in [5.41, 5.74) is 1.28. The third-order valence-corrected chi connectivity index (χ3v) is 3.70. The first kappa shape index (κ1) is 12.8. The largest absolute Gasteiger partial charge is 0.493 e. The van der Waals surface area contributed by atoms with Gasteiger partial charge in [0.1, 0.15) is 17.6 Å². The molecule has 0 fully saturated rings. The van der Waals surface area contributed by atoms with Crippen molar-refractivity contribution >= 4 is 11.9 Å². The van der Waals surface area contributed by atoms with Crippen LogP contribution in [0.1, 0.15) is 5.82 Å². The van der Waals surface area contributed by atoms with Gasteiger partial charge in [0.15, 0.2) is 5.82 Å². The van der Waals surface area contributed by atoms with Crippen LogP contribution in [0, 0.1) is 5.82 Å². The van der Waals surface area contributed by atoms with Crippen molar-refractivity contribution in [3.8, 4) is 17.1 Å². The van der Waals surface area contributed by atoms with Gasteiger partial charge in [0, 0.05) is 5.56 Å². The van der Waals surface area contributed by atoms with Gasteiger partial charge in [0.2, 0.25) is 5.88 Å². The van der Waals surface area contributed by atoms with Crippen LogP contribution in [0.4, 0.5) is 4.39 Å². The number of benzene rings is 1. The Morgan fingerprint density at radius 3 is 2.86 bits per heavy atom. The molecule has 2 heterocycles. The number of fused-ring (bicyclic) bond motifs is 3. The van der Waals surface area contributed by atoms with Gasteiger partial charge < -0.3 is 5.11 Å². The number of nitrogens with zero attached hydrogens (tertiary/aromatic N) is 3. The highest BCUT2D eigenvalue weighted by Crippen LogP contribution is 2.36. The number of hydrogen-bond acceptors (Lipinski definition) is 3. The van der Waals surface area contributed by atoms with Crippen molar-refractivity contribution in [1.29, 1.82) is 0 Å². The number of rotatable bonds is 1. The molecule has 1 unspecified atom stereocenters. The first-order valence-corrected chi connectivity index (χ1v) is 6.91. The van der Waals surface area contributed by atoms with E-state index < -0.39 is 5.82 Å². The highest BCUT2D eigenvalue weighted by Gasteiger charge is 2.27. The normalized spacial score (nSPS) is 18.6. The topological polar surface area (TPSA) is 50.4 Å². The smallest absolute Gasteiger partial charge is 0.224 e. The zero-order valence-electron chi connectivity index (χ0n) is 11.5. The summed E-state index contributed by atoms with van der Waals surface area (Å²) in [6.07, 6.45) is 11.1. The average Bonchev–Trinajstić information content (AvgIpc) is 2.72. The summed E-state index contributed by atoms with van der Waals surface area (Å²) in [5, 5.41) is 10.6. The van der Waals surface area contributed by atoms with E-state index in [2.05, 4.69) is 9.98 Å². The Hall–Kier alpha value is -2.95. The van der Waals surface area contributed by atoms with Gasteiger partial charge in [0.05, 0.1) is 11.9 Å². The van der Waals surface area contributed by atoms with Crippen molar-refractivity contribution in [2.24, 2.45) is 4.99 Å². The van der Waals surface area contributed by atoms with Crippen LogP contribution in [0.5, 0.6) is 5.88 Å². The molecule has 1 aliphatic carbocycles. The van der Waals surface area contributed by atoms with Crippen molar-refractivity contribution in [3.05, 3.63) is 66.3 Å². The van der Waals surface area contributed by atoms with Gasteiger partial charge in [-0.25, -0.2) is 9.37 Å². The van der Waals surface area contributed by atoms with E-state index in [4.69, 9.17) is 0 Å². The van der Waals surface area contributed by atoms with Crippen molar-refractivity contribution in [2.45, 2.75) is 6.04 Å². The Balaban J connectivity index is 1.93. The molecule has 4 rings (SSSR count). The number of imidazole rings is 1. The highest BCUT2D eigenvalue weighted by molar-refractivity contribution is 5.86. The maximum atomic E-state index is 14.0. The molecule has 1 aliphatic heterocycles. The monoisotopic (exact) mass is 293 g/mol. The lowest BCUT2D eigenvalue weighted by atomic mass is 10.1. The molecule has 2 aromatic rings. The number of halogens is 1. The van der Waals surface area contributed by atoms with Crippen molar-refractivity contribution in [2.75, 3.05) is 0 Å². The van der Waals surface area contributed by atoms with Gasteiger partial charge in [0.25, 0.3) is 0 Å². The van der Waals surface area contributed by atoms with Crippen molar-refractivity contribution in [3.63, 3.8) is 0 Å². The molecular formula is C17H12FN3O. The predicted octanol–water partition coefficient (Wildman–Crippen LogP) is 3.16. The summed E-state index contributed by atoms with van der Waals surface area (Å²) in [4.78, 5) is 8.75. The lowest BCUT2D eigenvalue weighted by Gasteiger charge is -2.19. The zero-order valence-corrected chi connectivity index (χ0v) is 11.5. The second-order valence-electron chi connectivity index (χ2n) is 5.04. The van der Waals surface area contributed by atoms with Crippen LogP contribution in [-0.4, -0.2) is 26.9 Å². The molecule has 22 heavy (non-hydrogen) atoms. The minimum absolute atomic E-state index is 0.0776. The number of aromatic hydroxyl groups is 1. The SMILES string of the molecule is Oc1c(-c2ccccc2F)nc2n1C1=CC=CC=CC1N=C2. The van der Waals surface area contributed by atoms with E-state index in [9.17, 15) is 9.50 Å². The maximum absolute atomic E-state index is 14.0. The van der Waals surface area contributed by atoms with E-state index in [1.165, 1.54) is 6.07 Å². The van der Waals surface area contributed by atoms with Gasteiger partial charge in [-0.05, 0) is 18.2 Å². The lowest BCUT2D eigenvalue weighted by molar-refractivity contribution is 0.443. The van der Waals surface area contributed by atoms with Gasteiger partial charge >= 0.3 is 0 Å². The maximum Gasteiger partial charge on any atom is 0.224 e. The van der Waals surface area contributed by atoms with Crippen LogP contribution in [-0.2, 0) is 0 Å². The summed E-state index contributed by atoms with van der Waals surface area (Å²) in [6.45, 7) is 0. The quantitative estimate of drug-likeness (QED) is 0.878. The fraction of sp³-hybridized carbons (Fsp3) is 0.0588. The first-order chi connectivity index (χ1) is 10.8. The number of allylic oxidation sites excluding steroid dienone is 4. The Kier molecular flexibility index (Phi) is 2.79. The van der Waals surface area contributed by atoms with Gasteiger partial charge in [-0.2, -0.15) is 0 Å². The third kappa shape index (κ3) is 1.83. The standard InChI is InChI=1S/C17H12FN3O/c18-12-7-5-4-6-11(12)16-17(22)21-14-9-3-1-2-8-13(14)19-10-15(21)20-16/h1-10,13,22H. The zero-order chi connectivity index (χ0) is 15.1. The van der Waals surface area contributed by atoms with Crippen LogP contribution in [0.15, 0.2) is 59.6 Å². The fourth-order valence-electron chi connectivity index (χ4n) is 2.67. The molecule has 0 saturated carbocycles. The van der Waals surface area contributed by atoms with E-state index in [0.29, 0.717) is 5.82 Å². The number of hydrogen-bond donors (Lipinski definition) is 1. The molecule has 1 N–H and O–H groups in total. The summed E-state index contributed by atoms with van der Waals surface area (Å²) in [7, 11) is 0. The molecule has 0 radical (unpaired) electrons. The van der Waals surface area contributed by atoms with E-state index in [0.717, 1.165) is 5.70 Å². The molecule has 0 spiro atoms. The van der Waals surface area contributed by atoms with Crippen LogP contribution in [0.25, 0.3) is 17.0 Å². The molecule has 5 heteroatoms. The predicted molar refractivity (Wildman–Crippen MR) is 83.2 cm³/mol. The molecule has 1 aromatic carbocycles. The van der Waals surface area contributed by atoms with E-state index in [1.807, 2.05) is 30.4 Å². The van der Waals surface area contributed by atoms with Gasteiger partial charge in [-0.3, -0.25) is 9.56 Å². The first-order valence-electron chi connectivity index (χ1n) is 6.91. The number of aliphatic imine (C=N–C) groups is 1. The van der Waals surface area contributed by atoms with Crippen LogP contribution >= 0.6 is 0 Å². The fourth-order valence-corrected chi connectivity index (χ4v) is 2.67. The van der Waals surface area contributed by atoms with Crippen LogP contribution in [0.3, 0.4) is 0 Å². The molecule has 4 nitrogen and oxygen atoms in total. The molecule has 1 aromatic heterocycles. The molecule has 0 bridgehead atoms. The Morgan fingerprint density at radius 2 is 2.00 bits per heavy atom. The Morgan fingerprint density at radius 1 is 1.14 bits per heavy atom. The molecule has 0 amide bonds. The number of aromatic nitrogens is 2. The van der Waals surface area contributed by atoms with Gasteiger partial charge in [-0.15, -0.1) is 0 Å². The average molecular weight is 293 g/mol. The molecule has 108 valence electrons. The molecule has 0 saturated heterocycles. The van der Waals surface area contributed by atoms with Crippen molar-refractivity contribution in [1.82, 2.24) is 9.55 Å². The second-order valence-corrected chi connectivity index (χ2v) is 5.04. The minimum atomic E-state index is -0.420. The summed E-state index contributed by atoms with van der Waals surface area (Å²) in [5.74, 6) is -0.00970. The second kappa shape index (κ2) is 4.80. The Bertz CT molecular complexity index is 874. The minimum Gasteiger partial charge on any atom is -0.493 e. The lowest BCUT2D eigenvalue weighted by Crippen LogP contribution is -2.17. The Labute approximate surface area is 126 Å². The third-order valence-electron chi connectivity index (χ3n) is 3.70. The molecular weight excluding hydrogens is 281 g/mol. The van der Waals surface area contributed by atoms with E-state index >= 15 is 0 Å². The van der Waals surface area contributed by atoms with E-state index in [-0.39, 0.29) is 23.2 Å².